The van der Waals surface area contributed by atoms with Crippen molar-refractivity contribution in [2.24, 2.45) is 0 Å². The highest BCUT2D eigenvalue weighted by Gasteiger charge is 2.24. The minimum Gasteiger partial charge on any atom is -0.459 e. The zero-order chi connectivity index (χ0) is 14.0. The molecule has 2 atom stereocenters. The van der Waals surface area contributed by atoms with Crippen molar-refractivity contribution >= 4 is 5.97 Å². The SMILES string of the molecule is Cc1cc(C)c(C(=O)OC[C@@H]2CC[C@@H](C)O2)c(=O)[nH]1. The Balaban J connectivity index is 2.02. The largest absolute Gasteiger partial charge is 0.459 e. The van der Waals surface area contributed by atoms with E-state index in [0.29, 0.717) is 5.56 Å². The first kappa shape index (κ1) is 13.8. The number of esters is 1. The minimum atomic E-state index is -0.582. The number of aryl methyl sites for hydroxylation is 2. The molecule has 1 aliphatic heterocycles. The summed E-state index contributed by atoms with van der Waals surface area (Å²) < 4.78 is 10.7. The number of aromatic amines is 1. The van der Waals surface area contributed by atoms with Crippen LogP contribution in [0.25, 0.3) is 0 Å². The van der Waals surface area contributed by atoms with Crippen LogP contribution in [0, 0.1) is 13.8 Å². The number of hydrogen-bond acceptors (Lipinski definition) is 4. The molecule has 0 aliphatic carbocycles. The quantitative estimate of drug-likeness (QED) is 0.845. The molecule has 0 amide bonds. The van der Waals surface area contributed by atoms with Gasteiger partial charge in [-0.1, -0.05) is 0 Å². The van der Waals surface area contributed by atoms with Gasteiger partial charge in [-0.2, -0.15) is 0 Å². The molecule has 104 valence electrons. The van der Waals surface area contributed by atoms with Crippen LogP contribution in [-0.4, -0.2) is 29.8 Å². The molecular weight excluding hydrogens is 246 g/mol. The number of rotatable bonds is 3. The monoisotopic (exact) mass is 265 g/mol. The predicted octanol–water partition coefficient (Wildman–Crippen LogP) is 1.72. The average Bonchev–Trinajstić information content (AvgIpc) is 2.71. The second-order valence-corrected chi connectivity index (χ2v) is 5.08. The van der Waals surface area contributed by atoms with Gasteiger partial charge in [-0.05, 0) is 45.2 Å². The van der Waals surface area contributed by atoms with Crippen molar-refractivity contribution in [2.45, 2.75) is 45.8 Å². The van der Waals surface area contributed by atoms with Crippen LogP contribution in [0.1, 0.15) is 41.4 Å². The van der Waals surface area contributed by atoms with Crippen molar-refractivity contribution in [3.05, 3.63) is 33.2 Å². The maximum absolute atomic E-state index is 11.9. The molecule has 5 heteroatoms. The zero-order valence-electron chi connectivity index (χ0n) is 11.5. The molecule has 1 fully saturated rings. The van der Waals surface area contributed by atoms with Crippen molar-refractivity contribution in [3.8, 4) is 0 Å². The van der Waals surface area contributed by atoms with Gasteiger partial charge in [0, 0.05) is 5.69 Å². The van der Waals surface area contributed by atoms with Crippen molar-refractivity contribution < 1.29 is 14.3 Å². The number of carbonyl (C=O) groups is 1. The van der Waals surface area contributed by atoms with Crippen molar-refractivity contribution in [1.29, 1.82) is 0 Å². The minimum absolute atomic E-state index is 0.0520. The van der Waals surface area contributed by atoms with Crippen molar-refractivity contribution in [2.75, 3.05) is 6.61 Å². The summed E-state index contributed by atoms with van der Waals surface area (Å²) in [5, 5.41) is 0. The van der Waals surface area contributed by atoms with Crippen molar-refractivity contribution in [3.63, 3.8) is 0 Å². The van der Waals surface area contributed by atoms with Crippen LogP contribution in [0.3, 0.4) is 0 Å². The van der Waals surface area contributed by atoms with Crippen LogP contribution in [0.2, 0.25) is 0 Å². The van der Waals surface area contributed by atoms with Gasteiger partial charge in [0.05, 0.1) is 12.2 Å². The van der Waals surface area contributed by atoms with E-state index in [0.717, 1.165) is 18.5 Å². The van der Waals surface area contributed by atoms with Crippen LogP contribution in [0.5, 0.6) is 0 Å². The summed E-state index contributed by atoms with van der Waals surface area (Å²) in [4.78, 5) is 26.3. The third kappa shape index (κ3) is 3.23. The van der Waals surface area contributed by atoms with Crippen LogP contribution in [0.15, 0.2) is 10.9 Å². The van der Waals surface area contributed by atoms with Gasteiger partial charge in [0.1, 0.15) is 12.2 Å². The summed E-state index contributed by atoms with van der Waals surface area (Å²) in [6.07, 6.45) is 2.03. The zero-order valence-corrected chi connectivity index (χ0v) is 11.5. The van der Waals surface area contributed by atoms with E-state index in [4.69, 9.17) is 9.47 Å². The first-order valence-electron chi connectivity index (χ1n) is 6.50. The highest BCUT2D eigenvalue weighted by Crippen LogP contribution is 2.19. The molecule has 1 N–H and O–H groups in total. The van der Waals surface area contributed by atoms with Gasteiger partial charge in [0.2, 0.25) is 0 Å². The lowest BCUT2D eigenvalue weighted by Gasteiger charge is -2.12. The number of pyridine rings is 1. The molecule has 0 aromatic carbocycles. The molecule has 0 radical (unpaired) electrons. The Labute approximate surface area is 111 Å². The van der Waals surface area contributed by atoms with E-state index in [-0.39, 0.29) is 24.4 Å². The van der Waals surface area contributed by atoms with Gasteiger partial charge in [0.25, 0.3) is 5.56 Å². The van der Waals surface area contributed by atoms with E-state index < -0.39 is 11.5 Å². The van der Waals surface area contributed by atoms with E-state index in [2.05, 4.69) is 4.98 Å². The highest BCUT2D eigenvalue weighted by molar-refractivity contribution is 5.90. The fourth-order valence-corrected chi connectivity index (χ4v) is 2.36. The smallest absolute Gasteiger partial charge is 0.344 e. The predicted molar refractivity (Wildman–Crippen MR) is 70.4 cm³/mol. The lowest BCUT2D eigenvalue weighted by Crippen LogP contribution is -2.25. The molecule has 2 rings (SSSR count). The molecule has 5 nitrogen and oxygen atoms in total. The fraction of sp³-hybridized carbons (Fsp3) is 0.571. The van der Waals surface area contributed by atoms with Gasteiger partial charge in [-0.25, -0.2) is 4.79 Å². The molecule has 1 aromatic rings. The molecule has 1 aliphatic rings. The molecule has 2 heterocycles. The summed E-state index contributed by atoms with van der Waals surface area (Å²) in [7, 11) is 0. The molecular formula is C14H19NO4. The first-order valence-corrected chi connectivity index (χ1v) is 6.50. The number of hydrogen-bond donors (Lipinski definition) is 1. The van der Waals surface area contributed by atoms with E-state index in [9.17, 15) is 9.59 Å². The van der Waals surface area contributed by atoms with Gasteiger partial charge >= 0.3 is 5.97 Å². The summed E-state index contributed by atoms with van der Waals surface area (Å²) in [5.74, 6) is -0.582. The van der Waals surface area contributed by atoms with Gasteiger partial charge in [-0.15, -0.1) is 0 Å². The summed E-state index contributed by atoms with van der Waals surface area (Å²) in [5.41, 5.74) is 1.04. The second-order valence-electron chi connectivity index (χ2n) is 5.08. The third-order valence-corrected chi connectivity index (χ3v) is 3.29. The highest BCUT2D eigenvalue weighted by atomic mass is 16.6. The Morgan fingerprint density at radius 1 is 1.47 bits per heavy atom. The van der Waals surface area contributed by atoms with Gasteiger partial charge < -0.3 is 14.5 Å². The third-order valence-electron chi connectivity index (χ3n) is 3.29. The number of aromatic nitrogens is 1. The number of nitrogens with one attached hydrogen (secondary N) is 1. The first-order chi connectivity index (χ1) is 8.97. The Hall–Kier alpha value is -1.62. The molecule has 0 bridgehead atoms. The Morgan fingerprint density at radius 2 is 2.21 bits per heavy atom. The van der Waals surface area contributed by atoms with E-state index in [1.807, 2.05) is 6.92 Å². The summed E-state index contributed by atoms with van der Waals surface area (Å²) >= 11 is 0. The van der Waals surface area contributed by atoms with Crippen LogP contribution >= 0.6 is 0 Å². The van der Waals surface area contributed by atoms with E-state index >= 15 is 0 Å². The van der Waals surface area contributed by atoms with Crippen LogP contribution in [-0.2, 0) is 9.47 Å². The lowest BCUT2D eigenvalue weighted by atomic mass is 10.1. The number of carbonyl (C=O) groups excluding carboxylic acids is 1. The molecule has 0 unspecified atom stereocenters. The molecule has 1 aromatic heterocycles. The maximum Gasteiger partial charge on any atom is 0.344 e. The normalized spacial score (nSPS) is 22.5. The van der Waals surface area contributed by atoms with Gasteiger partial charge in [-0.3, -0.25) is 4.79 Å². The topological polar surface area (TPSA) is 68.4 Å². The standard InChI is InChI=1S/C14H19NO4/c1-8-6-9(2)15-13(16)12(8)14(17)18-7-11-5-4-10(3)19-11/h6,10-11H,4-5,7H2,1-3H3,(H,15,16)/t10-,11+/m1/s1. The molecule has 1 saturated heterocycles. The second kappa shape index (κ2) is 5.57. The Morgan fingerprint density at radius 3 is 2.79 bits per heavy atom. The maximum atomic E-state index is 11.9. The number of ether oxygens (including phenoxy) is 2. The summed E-state index contributed by atoms with van der Waals surface area (Å²) in [6, 6.07) is 1.76. The molecule has 19 heavy (non-hydrogen) atoms. The lowest BCUT2D eigenvalue weighted by molar-refractivity contribution is -0.00281. The summed E-state index contributed by atoms with van der Waals surface area (Å²) in [6.45, 7) is 5.71. The van der Waals surface area contributed by atoms with Crippen LogP contribution < -0.4 is 5.56 Å². The molecule has 0 spiro atoms. The van der Waals surface area contributed by atoms with E-state index in [1.54, 1.807) is 19.9 Å². The molecule has 0 saturated carbocycles. The van der Waals surface area contributed by atoms with Gasteiger partial charge in [0.15, 0.2) is 0 Å². The number of H-pyrrole nitrogens is 1. The Kier molecular flexibility index (Phi) is 4.04. The van der Waals surface area contributed by atoms with Crippen molar-refractivity contribution in [1.82, 2.24) is 4.98 Å². The Bertz CT molecular complexity index is 535. The van der Waals surface area contributed by atoms with E-state index in [1.165, 1.54) is 0 Å². The average molecular weight is 265 g/mol. The fourth-order valence-electron chi connectivity index (χ4n) is 2.36. The van der Waals surface area contributed by atoms with Crippen LogP contribution in [0.4, 0.5) is 0 Å².